The molecule has 0 saturated carbocycles. The first-order valence-electron chi connectivity index (χ1n) is 5.66. The maximum Gasteiger partial charge on any atom is 0.262 e. The number of amides is 1. The molecule has 0 aliphatic carbocycles. The van der Waals surface area contributed by atoms with Gasteiger partial charge < -0.3 is 5.32 Å². The number of carbonyl (C=O) groups is 1. The molecule has 1 aromatic rings. The highest BCUT2D eigenvalue weighted by Crippen LogP contribution is 2.29. The summed E-state index contributed by atoms with van der Waals surface area (Å²) in [6.45, 7) is 6.04. The van der Waals surface area contributed by atoms with Gasteiger partial charge in [-0.25, -0.2) is 8.42 Å². The van der Waals surface area contributed by atoms with Crippen molar-refractivity contribution in [2.45, 2.75) is 25.7 Å². The standard InChI is InChI=1S/C12H15Cl2NO3S/c1-7(2)6-15-12(16)9-4-8(3)11(13)10(5-9)19(14,17)18/h4-5,7H,6H2,1-3H3,(H,15,16). The average Bonchev–Trinajstić information content (AvgIpc) is 2.27. The average molecular weight is 324 g/mol. The van der Waals surface area contributed by atoms with Gasteiger partial charge >= 0.3 is 0 Å². The topological polar surface area (TPSA) is 63.2 Å². The summed E-state index contributed by atoms with van der Waals surface area (Å²) in [6.07, 6.45) is 0. The minimum atomic E-state index is -3.98. The third-order valence-corrected chi connectivity index (χ3v) is 4.38. The highest BCUT2D eigenvalue weighted by Gasteiger charge is 2.20. The molecule has 0 radical (unpaired) electrons. The van der Waals surface area contributed by atoms with Crippen LogP contribution in [0, 0.1) is 12.8 Å². The molecule has 1 aromatic carbocycles. The fourth-order valence-electron chi connectivity index (χ4n) is 1.44. The lowest BCUT2D eigenvalue weighted by Gasteiger charge is -2.10. The molecule has 4 nitrogen and oxygen atoms in total. The molecule has 0 spiro atoms. The van der Waals surface area contributed by atoms with Gasteiger partial charge in [0.15, 0.2) is 0 Å². The maximum absolute atomic E-state index is 11.9. The van der Waals surface area contributed by atoms with Gasteiger partial charge in [0, 0.05) is 22.8 Å². The molecular weight excluding hydrogens is 309 g/mol. The van der Waals surface area contributed by atoms with Crippen LogP contribution < -0.4 is 5.32 Å². The Bertz CT molecular complexity index is 597. The third-order valence-electron chi connectivity index (χ3n) is 2.42. The van der Waals surface area contributed by atoms with E-state index in [-0.39, 0.29) is 21.4 Å². The van der Waals surface area contributed by atoms with Crippen molar-refractivity contribution in [2.24, 2.45) is 5.92 Å². The van der Waals surface area contributed by atoms with Gasteiger partial charge in [-0.2, -0.15) is 0 Å². The lowest BCUT2D eigenvalue weighted by molar-refractivity contribution is 0.0948. The number of aryl methyl sites for hydroxylation is 1. The van der Waals surface area contributed by atoms with Crippen LogP contribution in [-0.2, 0) is 9.05 Å². The molecule has 0 aliphatic heterocycles. The Morgan fingerprint density at radius 1 is 1.37 bits per heavy atom. The van der Waals surface area contributed by atoms with Crippen LogP contribution in [0.4, 0.5) is 0 Å². The number of hydrogen-bond acceptors (Lipinski definition) is 3. The Hall–Kier alpha value is -0.780. The third kappa shape index (κ3) is 4.37. The predicted molar refractivity (Wildman–Crippen MR) is 76.4 cm³/mol. The van der Waals surface area contributed by atoms with Crippen molar-refractivity contribution in [1.29, 1.82) is 0 Å². The second-order valence-corrected chi connectivity index (χ2v) is 7.56. The van der Waals surface area contributed by atoms with Crippen LogP contribution in [0.5, 0.6) is 0 Å². The highest BCUT2D eigenvalue weighted by atomic mass is 35.7. The molecular formula is C12H15Cl2NO3S. The Morgan fingerprint density at radius 2 is 1.95 bits per heavy atom. The number of carbonyl (C=O) groups excluding carboxylic acids is 1. The van der Waals surface area contributed by atoms with Crippen LogP contribution >= 0.6 is 22.3 Å². The summed E-state index contributed by atoms with van der Waals surface area (Å²) in [5.74, 6) is -0.0522. The minimum Gasteiger partial charge on any atom is -0.352 e. The van der Waals surface area contributed by atoms with Crippen molar-refractivity contribution < 1.29 is 13.2 Å². The summed E-state index contributed by atoms with van der Waals surface area (Å²) < 4.78 is 22.8. The van der Waals surface area contributed by atoms with Crippen LogP contribution in [0.25, 0.3) is 0 Å². The first-order valence-corrected chi connectivity index (χ1v) is 8.34. The van der Waals surface area contributed by atoms with Crippen molar-refractivity contribution >= 4 is 37.2 Å². The molecule has 1 rings (SSSR count). The monoisotopic (exact) mass is 323 g/mol. The van der Waals surface area contributed by atoms with Crippen molar-refractivity contribution in [3.63, 3.8) is 0 Å². The van der Waals surface area contributed by atoms with Gasteiger partial charge in [0.25, 0.3) is 15.0 Å². The summed E-state index contributed by atoms with van der Waals surface area (Å²) in [4.78, 5) is 11.7. The molecule has 7 heteroatoms. The zero-order chi connectivity index (χ0) is 14.8. The van der Waals surface area contributed by atoms with E-state index in [4.69, 9.17) is 22.3 Å². The van der Waals surface area contributed by atoms with E-state index in [0.717, 1.165) is 0 Å². The summed E-state index contributed by atoms with van der Waals surface area (Å²) in [7, 11) is 1.31. The van der Waals surface area contributed by atoms with Gasteiger partial charge in [0.1, 0.15) is 4.90 Å². The Labute approximate surface area is 122 Å². The number of rotatable bonds is 4. The van der Waals surface area contributed by atoms with Crippen molar-refractivity contribution in [3.05, 3.63) is 28.3 Å². The van der Waals surface area contributed by atoms with Crippen LogP contribution in [0.1, 0.15) is 29.8 Å². The molecule has 19 heavy (non-hydrogen) atoms. The molecule has 0 fully saturated rings. The minimum absolute atomic E-state index is 0.0374. The number of hydrogen-bond donors (Lipinski definition) is 1. The fourth-order valence-corrected chi connectivity index (χ4v) is 2.98. The lowest BCUT2D eigenvalue weighted by atomic mass is 10.1. The van der Waals surface area contributed by atoms with E-state index in [0.29, 0.717) is 18.0 Å². The van der Waals surface area contributed by atoms with Crippen LogP contribution in [-0.4, -0.2) is 20.9 Å². The van der Waals surface area contributed by atoms with Gasteiger partial charge in [-0.05, 0) is 30.5 Å². The molecule has 1 N–H and O–H groups in total. The van der Waals surface area contributed by atoms with Crippen molar-refractivity contribution in [1.82, 2.24) is 5.32 Å². The normalized spacial score (nSPS) is 11.7. The van der Waals surface area contributed by atoms with Crippen LogP contribution in [0.2, 0.25) is 5.02 Å². The zero-order valence-corrected chi connectivity index (χ0v) is 13.2. The highest BCUT2D eigenvalue weighted by molar-refractivity contribution is 8.13. The van der Waals surface area contributed by atoms with Crippen molar-refractivity contribution in [3.8, 4) is 0 Å². The largest absolute Gasteiger partial charge is 0.352 e. The van der Waals surface area contributed by atoms with Crippen molar-refractivity contribution in [2.75, 3.05) is 6.54 Å². The molecule has 0 aromatic heterocycles. The summed E-state index contributed by atoms with van der Waals surface area (Å²) in [5, 5.41) is 2.74. The SMILES string of the molecule is Cc1cc(C(=O)NCC(C)C)cc(S(=O)(=O)Cl)c1Cl. The smallest absolute Gasteiger partial charge is 0.262 e. The van der Waals surface area contributed by atoms with E-state index in [2.05, 4.69) is 5.32 Å². The number of halogens is 2. The maximum atomic E-state index is 11.9. The molecule has 0 unspecified atom stereocenters. The van der Waals surface area contributed by atoms with Gasteiger partial charge in [-0.3, -0.25) is 4.79 Å². The molecule has 0 heterocycles. The second-order valence-electron chi connectivity index (χ2n) is 4.65. The molecule has 0 saturated heterocycles. The fraction of sp³-hybridized carbons (Fsp3) is 0.417. The molecule has 106 valence electrons. The first-order chi connectivity index (χ1) is 8.62. The quantitative estimate of drug-likeness (QED) is 0.866. The Kier molecular flexibility index (Phi) is 5.24. The molecule has 1 amide bonds. The zero-order valence-electron chi connectivity index (χ0n) is 10.8. The molecule has 0 aliphatic rings. The summed E-state index contributed by atoms with van der Waals surface area (Å²) >= 11 is 5.89. The molecule has 0 atom stereocenters. The Morgan fingerprint density at radius 3 is 2.42 bits per heavy atom. The Balaban J connectivity index is 3.18. The predicted octanol–water partition coefficient (Wildman–Crippen LogP) is 2.96. The van der Waals surface area contributed by atoms with E-state index in [9.17, 15) is 13.2 Å². The number of benzene rings is 1. The van der Waals surface area contributed by atoms with E-state index in [1.807, 2.05) is 13.8 Å². The van der Waals surface area contributed by atoms with Gasteiger partial charge in [-0.15, -0.1) is 0 Å². The van der Waals surface area contributed by atoms with Crippen LogP contribution in [0.3, 0.4) is 0 Å². The van der Waals surface area contributed by atoms with E-state index < -0.39 is 9.05 Å². The molecule has 0 bridgehead atoms. The van der Waals surface area contributed by atoms with Gasteiger partial charge in [0.05, 0.1) is 5.02 Å². The van der Waals surface area contributed by atoms with E-state index >= 15 is 0 Å². The summed E-state index contributed by atoms with van der Waals surface area (Å²) in [6, 6.07) is 2.72. The summed E-state index contributed by atoms with van der Waals surface area (Å²) in [5.41, 5.74) is 0.708. The van der Waals surface area contributed by atoms with Crippen LogP contribution in [0.15, 0.2) is 17.0 Å². The van der Waals surface area contributed by atoms with E-state index in [1.54, 1.807) is 6.92 Å². The lowest BCUT2D eigenvalue weighted by Crippen LogP contribution is -2.27. The van der Waals surface area contributed by atoms with E-state index in [1.165, 1.54) is 12.1 Å². The first kappa shape index (κ1) is 16.3. The second kappa shape index (κ2) is 6.11. The van der Waals surface area contributed by atoms with Gasteiger partial charge in [0.2, 0.25) is 0 Å². The van der Waals surface area contributed by atoms with Gasteiger partial charge in [-0.1, -0.05) is 25.4 Å². The number of nitrogens with one attached hydrogen (secondary N) is 1.